The summed E-state index contributed by atoms with van der Waals surface area (Å²) < 4.78 is 4.49. The molecule has 0 fully saturated rings. The topological polar surface area (TPSA) is 66.8 Å². The van der Waals surface area contributed by atoms with Gasteiger partial charge in [0.25, 0.3) is 0 Å². The molecule has 0 aromatic rings. The van der Waals surface area contributed by atoms with Crippen LogP contribution in [-0.2, 0) is 9.53 Å². The minimum Gasteiger partial charge on any atom is -0.393 e. The van der Waals surface area contributed by atoms with Gasteiger partial charge in [-0.05, 0) is 0 Å². The van der Waals surface area contributed by atoms with Gasteiger partial charge in [-0.15, -0.1) is 0 Å². The van der Waals surface area contributed by atoms with E-state index in [-0.39, 0.29) is 6.61 Å². The predicted molar refractivity (Wildman–Crippen MR) is 30.0 cm³/mol. The van der Waals surface area contributed by atoms with Crippen molar-refractivity contribution < 1.29 is 19.7 Å². The first-order valence-electron chi connectivity index (χ1n) is 2.53. The van der Waals surface area contributed by atoms with E-state index >= 15 is 0 Å². The van der Waals surface area contributed by atoms with Crippen LogP contribution in [0.25, 0.3) is 0 Å². The highest BCUT2D eigenvalue weighted by Crippen LogP contribution is 1.88. The quantitative estimate of drug-likeness (QED) is 0.494. The number of hydrogen-bond donors (Lipinski definition) is 2. The van der Waals surface area contributed by atoms with Gasteiger partial charge in [-0.2, -0.15) is 0 Å². The molecule has 0 rings (SSSR count). The van der Waals surface area contributed by atoms with Crippen LogP contribution in [0.1, 0.15) is 0 Å². The first-order valence-corrected chi connectivity index (χ1v) is 2.53. The van der Waals surface area contributed by atoms with E-state index in [1.54, 1.807) is 0 Å². The molecule has 0 amide bonds. The average Bonchev–Trinajstić information content (AvgIpc) is 1.90. The smallest absolute Gasteiger partial charge is 0.189 e. The molecule has 0 aliphatic heterocycles. The molecule has 0 heterocycles. The number of hydrogen-bond acceptors (Lipinski definition) is 4. The number of carbonyl (C=O) groups is 1. The van der Waals surface area contributed by atoms with Crippen LogP contribution in [-0.4, -0.2) is 42.4 Å². The summed E-state index contributed by atoms with van der Waals surface area (Å²) in [5.74, 6) is -0.500. The normalized spacial score (nSPS) is 13.2. The summed E-state index contributed by atoms with van der Waals surface area (Å²) in [5.41, 5.74) is 0. The zero-order valence-electron chi connectivity index (χ0n) is 5.20. The molecule has 0 bridgehead atoms. The predicted octanol–water partition coefficient (Wildman–Crippen LogP) is -1.44. The minimum atomic E-state index is -0.866. The van der Waals surface area contributed by atoms with Crippen LogP contribution >= 0.6 is 0 Å². The van der Waals surface area contributed by atoms with E-state index in [1.807, 2.05) is 0 Å². The van der Waals surface area contributed by atoms with Gasteiger partial charge < -0.3 is 14.9 Å². The van der Waals surface area contributed by atoms with Crippen LogP contribution in [0.3, 0.4) is 0 Å². The Bertz CT molecular complexity index is 87.0. The molecule has 0 saturated heterocycles. The molecule has 2 N–H and O–H groups in total. The highest BCUT2D eigenvalue weighted by atomic mass is 16.5. The Kier molecular flexibility index (Phi) is 4.21. The highest BCUT2D eigenvalue weighted by Gasteiger charge is 2.13. The van der Waals surface area contributed by atoms with E-state index < -0.39 is 18.5 Å². The van der Waals surface area contributed by atoms with E-state index in [0.29, 0.717) is 0 Å². The molecule has 0 saturated carbocycles. The maximum Gasteiger partial charge on any atom is 0.189 e. The second-order valence-corrected chi connectivity index (χ2v) is 1.53. The summed E-state index contributed by atoms with van der Waals surface area (Å²) in [6.45, 7) is -0.963. The standard InChI is InChI=1S/C5H10O4/c1-9-5(3-7)4(8)2-6/h5-7H,2-3H2,1H3/t5-/m0/s1. The lowest BCUT2D eigenvalue weighted by molar-refractivity contribution is -0.133. The molecule has 0 spiro atoms. The molecular formula is C5H10O4. The lowest BCUT2D eigenvalue weighted by Gasteiger charge is -2.07. The average molecular weight is 134 g/mol. The fraction of sp³-hybridized carbons (Fsp3) is 0.800. The van der Waals surface area contributed by atoms with E-state index in [2.05, 4.69) is 4.74 Å². The lowest BCUT2D eigenvalue weighted by atomic mass is 10.2. The Morgan fingerprint density at radius 2 is 2.22 bits per heavy atom. The zero-order chi connectivity index (χ0) is 7.28. The van der Waals surface area contributed by atoms with Crippen molar-refractivity contribution in [2.75, 3.05) is 20.3 Å². The van der Waals surface area contributed by atoms with Gasteiger partial charge in [0.05, 0.1) is 6.61 Å². The van der Waals surface area contributed by atoms with E-state index in [4.69, 9.17) is 10.2 Å². The molecule has 0 aliphatic carbocycles. The van der Waals surface area contributed by atoms with Crippen molar-refractivity contribution >= 4 is 5.78 Å². The van der Waals surface area contributed by atoms with Crippen molar-refractivity contribution in [3.05, 3.63) is 0 Å². The van der Waals surface area contributed by atoms with Gasteiger partial charge in [0.2, 0.25) is 0 Å². The molecule has 0 aromatic carbocycles. The zero-order valence-corrected chi connectivity index (χ0v) is 5.20. The van der Waals surface area contributed by atoms with Gasteiger partial charge in [-0.25, -0.2) is 0 Å². The van der Waals surface area contributed by atoms with E-state index in [9.17, 15) is 4.79 Å². The van der Waals surface area contributed by atoms with Crippen LogP contribution in [0.15, 0.2) is 0 Å². The van der Waals surface area contributed by atoms with Gasteiger partial charge in [-0.3, -0.25) is 4.79 Å². The molecule has 4 nitrogen and oxygen atoms in total. The minimum absolute atomic E-state index is 0.379. The van der Waals surface area contributed by atoms with Gasteiger partial charge in [0, 0.05) is 7.11 Å². The number of carbonyl (C=O) groups excluding carboxylic acids is 1. The molecule has 0 radical (unpaired) electrons. The molecule has 0 aromatic heterocycles. The third-order valence-corrected chi connectivity index (χ3v) is 0.965. The first-order chi connectivity index (χ1) is 4.26. The van der Waals surface area contributed by atoms with Gasteiger partial charge in [-0.1, -0.05) is 0 Å². The van der Waals surface area contributed by atoms with Gasteiger partial charge >= 0.3 is 0 Å². The highest BCUT2D eigenvalue weighted by molar-refractivity contribution is 5.84. The largest absolute Gasteiger partial charge is 0.393 e. The van der Waals surface area contributed by atoms with E-state index in [1.165, 1.54) is 7.11 Å². The summed E-state index contributed by atoms with van der Waals surface area (Å²) in [4.78, 5) is 10.4. The lowest BCUT2D eigenvalue weighted by Crippen LogP contribution is -2.29. The number of methoxy groups -OCH3 is 1. The Morgan fingerprint density at radius 3 is 2.33 bits per heavy atom. The number of ketones is 1. The number of rotatable bonds is 4. The fourth-order valence-electron chi connectivity index (χ4n) is 0.410. The second-order valence-electron chi connectivity index (χ2n) is 1.53. The molecular weight excluding hydrogens is 124 g/mol. The number of Topliss-reactive ketones (excluding diaryl/α,β-unsaturated/α-hetero) is 1. The Hall–Kier alpha value is -0.450. The Morgan fingerprint density at radius 1 is 1.67 bits per heavy atom. The summed E-state index contributed by atoms with van der Waals surface area (Å²) in [7, 11) is 1.30. The SMILES string of the molecule is CO[C@@H](CO)C(=O)CO. The molecule has 4 heteroatoms. The molecule has 1 atom stereocenters. The monoisotopic (exact) mass is 134 g/mol. The second kappa shape index (κ2) is 4.43. The van der Waals surface area contributed by atoms with Crippen LogP contribution in [0.4, 0.5) is 0 Å². The summed E-state index contributed by atoms with van der Waals surface area (Å²) in [6, 6.07) is 0. The Balaban J connectivity index is 3.64. The van der Waals surface area contributed by atoms with Crippen LogP contribution < -0.4 is 0 Å². The van der Waals surface area contributed by atoms with Crippen molar-refractivity contribution in [2.24, 2.45) is 0 Å². The number of aliphatic hydroxyl groups is 2. The maximum absolute atomic E-state index is 10.4. The third kappa shape index (κ3) is 2.55. The Labute approximate surface area is 53.1 Å². The third-order valence-electron chi connectivity index (χ3n) is 0.965. The summed E-state index contributed by atoms with van der Waals surface area (Å²) in [6.07, 6.45) is -0.866. The molecule has 9 heavy (non-hydrogen) atoms. The van der Waals surface area contributed by atoms with E-state index in [0.717, 1.165) is 0 Å². The van der Waals surface area contributed by atoms with Gasteiger partial charge in [0.1, 0.15) is 12.7 Å². The van der Waals surface area contributed by atoms with Crippen molar-refractivity contribution in [3.8, 4) is 0 Å². The van der Waals surface area contributed by atoms with Crippen molar-refractivity contribution in [1.82, 2.24) is 0 Å². The first kappa shape index (κ1) is 8.55. The van der Waals surface area contributed by atoms with Gasteiger partial charge in [0.15, 0.2) is 5.78 Å². The summed E-state index contributed by atoms with van der Waals surface area (Å²) >= 11 is 0. The fourth-order valence-corrected chi connectivity index (χ4v) is 0.410. The van der Waals surface area contributed by atoms with Crippen LogP contribution in [0, 0.1) is 0 Å². The number of aliphatic hydroxyl groups excluding tert-OH is 2. The van der Waals surface area contributed by atoms with Crippen LogP contribution in [0.2, 0.25) is 0 Å². The van der Waals surface area contributed by atoms with Crippen molar-refractivity contribution in [2.45, 2.75) is 6.10 Å². The molecule has 0 unspecified atom stereocenters. The maximum atomic E-state index is 10.4. The number of ether oxygens (including phenoxy) is 1. The van der Waals surface area contributed by atoms with Crippen molar-refractivity contribution in [3.63, 3.8) is 0 Å². The van der Waals surface area contributed by atoms with Crippen molar-refractivity contribution in [1.29, 1.82) is 0 Å². The molecule has 0 aliphatic rings. The summed E-state index contributed by atoms with van der Waals surface area (Å²) in [5, 5.41) is 16.6. The molecule has 54 valence electrons. The van der Waals surface area contributed by atoms with Crippen LogP contribution in [0.5, 0.6) is 0 Å².